The summed E-state index contributed by atoms with van der Waals surface area (Å²) in [6, 6.07) is 9.46. The van der Waals surface area contributed by atoms with E-state index in [1.807, 2.05) is 0 Å². The molecule has 0 saturated heterocycles. The minimum Gasteiger partial charge on any atom is -0.368 e. The molecule has 2 rings (SSSR count). The highest BCUT2D eigenvalue weighted by molar-refractivity contribution is 5.59. The van der Waals surface area contributed by atoms with Gasteiger partial charge in [-0.1, -0.05) is 25.1 Å². The molecule has 2 unspecified atom stereocenters. The summed E-state index contributed by atoms with van der Waals surface area (Å²) in [4.78, 5) is 2.55. The molecule has 94 valence electrons. The lowest BCUT2D eigenvalue weighted by Gasteiger charge is -2.25. The van der Waals surface area contributed by atoms with Gasteiger partial charge in [0.05, 0.1) is 0 Å². The van der Waals surface area contributed by atoms with Gasteiger partial charge >= 0.3 is 0 Å². The second-order valence-electron chi connectivity index (χ2n) is 5.36. The first-order chi connectivity index (χ1) is 8.22. The Balaban J connectivity index is 1.93. The SMILES string of the molecule is CC(CN)CCCN1c2ccccc2CC1C. The molecule has 0 aromatic heterocycles. The van der Waals surface area contributed by atoms with E-state index in [1.165, 1.54) is 37.1 Å². The van der Waals surface area contributed by atoms with E-state index in [1.54, 1.807) is 0 Å². The van der Waals surface area contributed by atoms with Gasteiger partial charge < -0.3 is 10.6 Å². The molecule has 17 heavy (non-hydrogen) atoms. The van der Waals surface area contributed by atoms with Crippen molar-refractivity contribution in [2.75, 3.05) is 18.0 Å². The van der Waals surface area contributed by atoms with Crippen LogP contribution in [0.1, 0.15) is 32.3 Å². The van der Waals surface area contributed by atoms with E-state index in [9.17, 15) is 0 Å². The van der Waals surface area contributed by atoms with Gasteiger partial charge in [0.15, 0.2) is 0 Å². The summed E-state index contributed by atoms with van der Waals surface area (Å²) < 4.78 is 0. The lowest BCUT2D eigenvalue weighted by Crippen LogP contribution is -2.30. The summed E-state index contributed by atoms with van der Waals surface area (Å²) in [5, 5.41) is 0. The number of nitrogens with two attached hydrogens (primary N) is 1. The molecule has 0 spiro atoms. The maximum atomic E-state index is 5.66. The second-order valence-corrected chi connectivity index (χ2v) is 5.36. The van der Waals surface area contributed by atoms with Crippen LogP contribution in [0, 0.1) is 5.92 Å². The number of nitrogens with zero attached hydrogens (tertiary/aromatic N) is 1. The fourth-order valence-corrected chi connectivity index (χ4v) is 2.70. The van der Waals surface area contributed by atoms with E-state index >= 15 is 0 Å². The Bertz CT molecular complexity index is 362. The summed E-state index contributed by atoms with van der Waals surface area (Å²) in [6.45, 7) is 6.54. The smallest absolute Gasteiger partial charge is 0.0402 e. The van der Waals surface area contributed by atoms with Gasteiger partial charge in [-0.3, -0.25) is 0 Å². The van der Waals surface area contributed by atoms with Gasteiger partial charge in [-0.2, -0.15) is 0 Å². The Labute approximate surface area is 105 Å². The highest BCUT2D eigenvalue weighted by Gasteiger charge is 2.24. The van der Waals surface area contributed by atoms with E-state index in [0.717, 1.165) is 6.54 Å². The zero-order valence-electron chi connectivity index (χ0n) is 11.0. The summed E-state index contributed by atoms with van der Waals surface area (Å²) in [5.41, 5.74) is 8.61. The van der Waals surface area contributed by atoms with Crippen molar-refractivity contribution in [1.82, 2.24) is 0 Å². The van der Waals surface area contributed by atoms with Crippen molar-refractivity contribution in [2.45, 2.75) is 39.2 Å². The third kappa shape index (κ3) is 2.81. The van der Waals surface area contributed by atoms with Gasteiger partial charge in [0.1, 0.15) is 0 Å². The maximum absolute atomic E-state index is 5.66. The van der Waals surface area contributed by atoms with Gasteiger partial charge in [0.2, 0.25) is 0 Å². The molecule has 0 saturated carbocycles. The molecule has 1 aromatic rings. The van der Waals surface area contributed by atoms with Crippen LogP contribution >= 0.6 is 0 Å². The molecule has 0 radical (unpaired) electrons. The van der Waals surface area contributed by atoms with Crippen LogP contribution in [-0.4, -0.2) is 19.1 Å². The van der Waals surface area contributed by atoms with Crippen LogP contribution in [-0.2, 0) is 6.42 Å². The Morgan fingerprint density at radius 2 is 2.18 bits per heavy atom. The van der Waals surface area contributed by atoms with Crippen molar-refractivity contribution < 1.29 is 0 Å². The summed E-state index contributed by atoms with van der Waals surface area (Å²) in [6.07, 6.45) is 3.68. The first kappa shape index (κ1) is 12.4. The molecule has 2 heteroatoms. The van der Waals surface area contributed by atoms with Crippen LogP contribution in [0.2, 0.25) is 0 Å². The molecule has 2 nitrogen and oxygen atoms in total. The molecule has 1 aliphatic rings. The molecule has 0 amide bonds. The lowest BCUT2D eigenvalue weighted by molar-refractivity contribution is 0.509. The largest absolute Gasteiger partial charge is 0.368 e. The molecular weight excluding hydrogens is 208 g/mol. The highest BCUT2D eigenvalue weighted by atomic mass is 15.2. The predicted octanol–water partition coefficient (Wildman–Crippen LogP) is 2.81. The normalized spacial score (nSPS) is 20.4. The van der Waals surface area contributed by atoms with Crippen molar-refractivity contribution in [1.29, 1.82) is 0 Å². The van der Waals surface area contributed by atoms with Gasteiger partial charge in [-0.15, -0.1) is 0 Å². The number of benzene rings is 1. The quantitative estimate of drug-likeness (QED) is 0.846. The van der Waals surface area contributed by atoms with Crippen LogP contribution in [0.15, 0.2) is 24.3 Å². The predicted molar refractivity (Wildman–Crippen MR) is 74.4 cm³/mol. The molecular formula is C15H24N2. The van der Waals surface area contributed by atoms with E-state index in [4.69, 9.17) is 5.73 Å². The van der Waals surface area contributed by atoms with Gasteiger partial charge in [-0.25, -0.2) is 0 Å². The Morgan fingerprint density at radius 3 is 2.94 bits per heavy atom. The zero-order chi connectivity index (χ0) is 12.3. The van der Waals surface area contributed by atoms with Gasteiger partial charge in [0.25, 0.3) is 0 Å². The number of anilines is 1. The standard InChI is InChI=1S/C15H24N2/c1-12(11-16)6-5-9-17-13(2)10-14-7-3-4-8-15(14)17/h3-4,7-8,12-13H,5-6,9-11,16H2,1-2H3. The average Bonchev–Trinajstić information content (AvgIpc) is 2.66. The van der Waals surface area contributed by atoms with E-state index in [0.29, 0.717) is 12.0 Å². The second kappa shape index (κ2) is 5.54. The number of rotatable bonds is 5. The lowest BCUT2D eigenvalue weighted by atomic mass is 10.1. The average molecular weight is 232 g/mol. The minimum atomic E-state index is 0.653. The van der Waals surface area contributed by atoms with Crippen LogP contribution in [0.25, 0.3) is 0 Å². The Morgan fingerprint density at radius 1 is 1.41 bits per heavy atom. The first-order valence-corrected chi connectivity index (χ1v) is 6.77. The summed E-state index contributed by atoms with van der Waals surface area (Å²) >= 11 is 0. The minimum absolute atomic E-state index is 0.653. The van der Waals surface area contributed by atoms with Crippen molar-refractivity contribution in [2.24, 2.45) is 11.7 Å². The highest BCUT2D eigenvalue weighted by Crippen LogP contribution is 2.31. The van der Waals surface area contributed by atoms with Crippen molar-refractivity contribution in [3.05, 3.63) is 29.8 Å². The van der Waals surface area contributed by atoms with Crippen molar-refractivity contribution >= 4 is 5.69 Å². The third-order valence-corrected chi connectivity index (χ3v) is 3.85. The number of hydrogen-bond acceptors (Lipinski definition) is 2. The Hall–Kier alpha value is -1.02. The molecule has 2 N–H and O–H groups in total. The van der Waals surface area contributed by atoms with Gasteiger partial charge in [0, 0.05) is 18.3 Å². The summed E-state index contributed by atoms with van der Waals surface area (Å²) in [5.74, 6) is 0.656. The fourth-order valence-electron chi connectivity index (χ4n) is 2.70. The maximum Gasteiger partial charge on any atom is 0.0402 e. The fraction of sp³-hybridized carbons (Fsp3) is 0.600. The Kier molecular flexibility index (Phi) is 4.06. The van der Waals surface area contributed by atoms with E-state index < -0.39 is 0 Å². The molecule has 1 aliphatic heterocycles. The number of fused-ring (bicyclic) bond motifs is 1. The molecule has 1 aromatic carbocycles. The summed E-state index contributed by atoms with van der Waals surface area (Å²) in [7, 11) is 0. The molecule has 0 bridgehead atoms. The first-order valence-electron chi connectivity index (χ1n) is 6.77. The van der Waals surface area contributed by atoms with Crippen molar-refractivity contribution in [3.8, 4) is 0 Å². The van der Waals surface area contributed by atoms with Crippen LogP contribution in [0.4, 0.5) is 5.69 Å². The zero-order valence-corrected chi connectivity index (χ0v) is 11.0. The number of hydrogen-bond donors (Lipinski definition) is 1. The van der Waals surface area contributed by atoms with Gasteiger partial charge in [-0.05, 0) is 50.3 Å². The third-order valence-electron chi connectivity index (χ3n) is 3.85. The molecule has 2 atom stereocenters. The van der Waals surface area contributed by atoms with Crippen LogP contribution in [0.3, 0.4) is 0 Å². The van der Waals surface area contributed by atoms with Crippen molar-refractivity contribution in [3.63, 3.8) is 0 Å². The van der Waals surface area contributed by atoms with E-state index in [-0.39, 0.29) is 0 Å². The molecule has 0 aliphatic carbocycles. The molecule has 0 fully saturated rings. The topological polar surface area (TPSA) is 29.3 Å². The molecule has 1 heterocycles. The number of para-hydroxylation sites is 1. The van der Waals surface area contributed by atoms with E-state index in [2.05, 4.69) is 43.0 Å². The van der Waals surface area contributed by atoms with Crippen LogP contribution < -0.4 is 10.6 Å². The van der Waals surface area contributed by atoms with Crippen LogP contribution in [0.5, 0.6) is 0 Å². The monoisotopic (exact) mass is 232 g/mol.